The Morgan fingerprint density at radius 3 is 2.67 bits per heavy atom. The standard InChI is InChI=1S/C15H21N3O3/c1-9-8-16-13(21-9)11(3)18-10(2)12(19)17-15(14(18)20)6-4-5-7-15/h8,10-11H,4-7H2,1-3H3,(H,17,19). The summed E-state index contributed by atoms with van der Waals surface area (Å²) in [6.07, 6.45) is 5.02. The fourth-order valence-corrected chi connectivity index (χ4v) is 3.46. The van der Waals surface area contributed by atoms with Crippen LogP contribution in [0.3, 0.4) is 0 Å². The van der Waals surface area contributed by atoms with Crippen molar-refractivity contribution < 1.29 is 14.0 Å². The van der Waals surface area contributed by atoms with Gasteiger partial charge in [0.1, 0.15) is 23.4 Å². The van der Waals surface area contributed by atoms with Crippen molar-refractivity contribution in [2.45, 2.75) is 64.1 Å². The number of aryl methyl sites for hydroxylation is 1. The summed E-state index contributed by atoms with van der Waals surface area (Å²) >= 11 is 0. The molecule has 1 aliphatic heterocycles. The van der Waals surface area contributed by atoms with E-state index in [0.717, 1.165) is 25.7 Å². The molecule has 0 aromatic carbocycles. The van der Waals surface area contributed by atoms with Gasteiger partial charge in [-0.2, -0.15) is 0 Å². The highest BCUT2D eigenvalue weighted by Crippen LogP contribution is 2.37. The lowest BCUT2D eigenvalue weighted by molar-refractivity contribution is -0.157. The monoisotopic (exact) mass is 291 g/mol. The van der Waals surface area contributed by atoms with E-state index < -0.39 is 11.6 Å². The second-order valence-corrected chi connectivity index (χ2v) is 6.15. The first-order valence-corrected chi connectivity index (χ1v) is 7.52. The summed E-state index contributed by atoms with van der Waals surface area (Å²) in [5.41, 5.74) is -0.709. The predicted octanol–water partition coefficient (Wildman–Crippen LogP) is 1.70. The number of hydrogen-bond donors (Lipinski definition) is 1. The number of nitrogens with one attached hydrogen (secondary N) is 1. The van der Waals surface area contributed by atoms with Crippen LogP contribution in [0, 0.1) is 6.92 Å². The molecule has 21 heavy (non-hydrogen) atoms. The van der Waals surface area contributed by atoms with Crippen molar-refractivity contribution >= 4 is 11.8 Å². The van der Waals surface area contributed by atoms with Crippen molar-refractivity contribution in [3.05, 3.63) is 17.8 Å². The summed E-state index contributed by atoms with van der Waals surface area (Å²) < 4.78 is 5.54. The van der Waals surface area contributed by atoms with Crippen molar-refractivity contribution in [1.82, 2.24) is 15.2 Å². The lowest BCUT2D eigenvalue weighted by atomic mass is 9.90. The van der Waals surface area contributed by atoms with E-state index >= 15 is 0 Å². The van der Waals surface area contributed by atoms with Gasteiger partial charge >= 0.3 is 0 Å². The van der Waals surface area contributed by atoms with Crippen LogP contribution >= 0.6 is 0 Å². The van der Waals surface area contributed by atoms with Gasteiger partial charge in [-0.25, -0.2) is 4.98 Å². The van der Waals surface area contributed by atoms with E-state index in [-0.39, 0.29) is 17.9 Å². The number of oxazole rings is 1. The average Bonchev–Trinajstić information content (AvgIpc) is 3.07. The molecule has 2 amide bonds. The normalized spacial score (nSPS) is 26.2. The molecule has 2 aliphatic rings. The summed E-state index contributed by atoms with van der Waals surface area (Å²) in [5.74, 6) is 1.09. The van der Waals surface area contributed by atoms with Gasteiger partial charge in [-0.1, -0.05) is 12.8 Å². The van der Waals surface area contributed by atoms with E-state index in [1.807, 2.05) is 13.8 Å². The Hall–Kier alpha value is -1.85. The van der Waals surface area contributed by atoms with Crippen LogP contribution in [0.1, 0.15) is 57.2 Å². The molecule has 3 rings (SSSR count). The molecule has 6 nitrogen and oxygen atoms in total. The minimum Gasteiger partial charge on any atom is -0.444 e. The number of carbonyl (C=O) groups excluding carboxylic acids is 2. The van der Waals surface area contributed by atoms with Crippen LogP contribution in [-0.2, 0) is 9.59 Å². The van der Waals surface area contributed by atoms with Gasteiger partial charge in [-0.3, -0.25) is 9.59 Å². The van der Waals surface area contributed by atoms with Crippen molar-refractivity contribution in [3.63, 3.8) is 0 Å². The molecule has 0 bridgehead atoms. The third-order valence-electron chi connectivity index (χ3n) is 4.67. The molecule has 2 atom stereocenters. The molecule has 2 heterocycles. The number of aromatic nitrogens is 1. The van der Waals surface area contributed by atoms with Crippen molar-refractivity contribution in [2.75, 3.05) is 0 Å². The Morgan fingerprint density at radius 1 is 1.43 bits per heavy atom. The zero-order valence-corrected chi connectivity index (χ0v) is 12.7. The minimum atomic E-state index is -0.709. The van der Waals surface area contributed by atoms with E-state index in [1.54, 1.807) is 18.0 Å². The molecule has 1 spiro atoms. The molecule has 6 heteroatoms. The van der Waals surface area contributed by atoms with E-state index in [9.17, 15) is 9.59 Å². The molecule has 1 aromatic heterocycles. The third-order valence-corrected chi connectivity index (χ3v) is 4.67. The largest absolute Gasteiger partial charge is 0.444 e. The summed E-state index contributed by atoms with van der Waals surface area (Å²) in [6.45, 7) is 5.43. The molecular weight excluding hydrogens is 270 g/mol. The zero-order chi connectivity index (χ0) is 15.2. The smallest absolute Gasteiger partial charge is 0.249 e. The fourth-order valence-electron chi connectivity index (χ4n) is 3.46. The van der Waals surface area contributed by atoms with Gasteiger partial charge in [0.2, 0.25) is 17.7 Å². The second kappa shape index (κ2) is 4.86. The number of rotatable bonds is 2. The maximum absolute atomic E-state index is 13.0. The Labute approximate surface area is 123 Å². The predicted molar refractivity (Wildman–Crippen MR) is 75.3 cm³/mol. The van der Waals surface area contributed by atoms with Crippen molar-refractivity contribution in [1.29, 1.82) is 0 Å². The van der Waals surface area contributed by atoms with E-state index in [1.165, 1.54) is 0 Å². The first-order chi connectivity index (χ1) is 9.94. The Morgan fingerprint density at radius 2 is 2.10 bits per heavy atom. The summed E-state index contributed by atoms with van der Waals surface area (Å²) in [4.78, 5) is 31.1. The molecule has 2 unspecified atom stereocenters. The first kappa shape index (κ1) is 14.1. The van der Waals surface area contributed by atoms with E-state index in [4.69, 9.17) is 4.42 Å². The van der Waals surface area contributed by atoms with Crippen LogP contribution in [0.2, 0.25) is 0 Å². The van der Waals surface area contributed by atoms with E-state index in [2.05, 4.69) is 10.3 Å². The molecule has 1 saturated carbocycles. The van der Waals surface area contributed by atoms with Crippen LogP contribution in [0.15, 0.2) is 10.6 Å². The minimum absolute atomic E-state index is 0.00421. The topological polar surface area (TPSA) is 75.4 Å². The lowest BCUT2D eigenvalue weighted by Crippen LogP contribution is -2.69. The van der Waals surface area contributed by atoms with Crippen LogP contribution in [0.5, 0.6) is 0 Å². The summed E-state index contributed by atoms with van der Waals surface area (Å²) in [6, 6.07) is -0.851. The highest BCUT2D eigenvalue weighted by molar-refractivity contribution is 6.00. The molecule has 114 valence electrons. The molecule has 1 aliphatic carbocycles. The molecule has 1 aromatic rings. The summed E-state index contributed by atoms with van der Waals surface area (Å²) in [7, 11) is 0. The zero-order valence-electron chi connectivity index (χ0n) is 12.7. The number of carbonyl (C=O) groups is 2. The number of piperazine rings is 1. The first-order valence-electron chi connectivity index (χ1n) is 7.52. The van der Waals surface area contributed by atoms with Gasteiger partial charge in [0, 0.05) is 0 Å². The number of hydrogen-bond acceptors (Lipinski definition) is 4. The van der Waals surface area contributed by atoms with Crippen LogP contribution in [0.25, 0.3) is 0 Å². The molecule has 1 N–H and O–H groups in total. The van der Waals surface area contributed by atoms with Crippen LogP contribution < -0.4 is 5.32 Å². The maximum Gasteiger partial charge on any atom is 0.249 e. The van der Waals surface area contributed by atoms with Gasteiger partial charge in [0.05, 0.1) is 6.20 Å². The Balaban J connectivity index is 1.94. The average molecular weight is 291 g/mol. The highest BCUT2D eigenvalue weighted by atomic mass is 16.4. The van der Waals surface area contributed by atoms with Gasteiger partial charge in [-0.05, 0) is 33.6 Å². The SMILES string of the molecule is Cc1cnc(C(C)N2C(=O)C3(CCCC3)NC(=O)C2C)o1. The number of nitrogens with zero attached hydrogens (tertiary/aromatic N) is 2. The maximum atomic E-state index is 13.0. The lowest BCUT2D eigenvalue weighted by Gasteiger charge is -2.45. The highest BCUT2D eigenvalue weighted by Gasteiger charge is 2.52. The van der Waals surface area contributed by atoms with Gasteiger partial charge in [0.25, 0.3) is 0 Å². The van der Waals surface area contributed by atoms with Gasteiger partial charge in [0.15, 0.2) is 0 Å². The van der Waals surface area contributed by atoms with Crippen molar-refractivity contribution in [2.24, 2.45) is 0 Å². The quantitative estimate of drug-likeness (QED) is 0.900. The third kappa shape index (κ3) is 2.13. The van der Waals surface area contributed by atoms with Crippen LogP contribution in [-0.4, -0.2) is 33.3 Å². The molecule has 0 radical (unpaired) electrons. The molecular formula is C15H21N3O3. The van der Waals surface area contributed by atoms with Crippen LogP contribution in [0.4, 0.5) is 0 Å². The molecule has 2 fully saturated rings. The Bertz CT molecular complexity index is 574. The van der Waals surface area contributed by atoms with Gasteiger partial charge in [-0.15, -0.1) is 0 Å². The van der Waals surface area contributed by atoms with Crippen molar-refractivity contribution in [3.8, 4) is 0 Å². The van der Waals surface area contributed by atoms with E-state index in [0.29, 0.717) is 11.7 Å². The fraction of sp³-hybridized carbons (Fsp3) is 0.667. The second-order valence-electron chi connectivity index (χ2n) is 6.15. The molecule has 1 saturated heterocycles. The number of amides is 2. The Kier molecular flexibility index (Phi) is 3.26. The summed E-state index contributed by atoms with van der Waals surface area (Å²) in [5, 5.41) is 2.95. The van der Waals surface area contributed by atoms with Gasteiger partial charge < -0.3 is 14.6 Å².